The van der Waals surface area contributed by atoms with E-state index in [-0.39, 0.29) is 12.3 Å². The topological polar surface area (TPSA) is 85.9 Å². The van der Waals surface area contributed by atoms with Gasteiger partial charge in [0.1, 0.15) is 17.2 Å². The lowest BCUT2D eigenvalue weighted by molar-refractivity contribution is -0.121. The minimum Gasteiger partial charge on any atom is -0.497 e. The molecule has 0 heterocycles. The van der Waals surface area contributed by atoms with E-state index in [0.717, 1.165) is 0 Å². The molecule has 2 aromatic carbocycles. The molecule has 0 aliphatic carbocycles. The van der Waals surface area contributed by atoms with Crippen LogP contribution in [0.4, 0.5) is 0 Å². The summed E-state index contributed by atoms with van der Waals surface area (Å²) < 4.78 is 15.7. The normalized spacial score (nSPS) is 9.96. The SMILES string of the molecule is CCOc1ccc(C(=O)NNC(=O)Cc2ccc(OC)cc2OC)cc1. The van der Waals surface area contributed by atoms with Gasteiger partial charge in [-0.25, -0.2) is 0 Å². The van der Waals surface area contributed by atoms with Gasteiger partial charge in [0, 0.05) is 17.2 Å². The summed E-state index contributed by atoms with van der Waals surface area (Å²) in [5.74, 6) is 1.07. The lowest BCUT2D eigenvalue weighted by atomic mass is 10.1. The van der Waals surface area contributed by atoms with Crippen LogP contribution in [0, 0.1) is 0 Å². The van der Waals surface area contributed by atoms with E-state index in [1.807, 2.05) is 6.92 Å². The summed E-state index contributed by atoms with van der Waals surface area (Å²) in [6.07, 6.45) is 0.0523. The first-order valence-corrected chi connectivity index (χ1v) is 8.10. The first-order chi connectivity index (χ1) is 12.6. The molecule has 0 aliphatic rings. The summed E-state index contributed by atoms with van der Waals surface area (Å²) in [6.45, 7) is 2.43. The minimum absolute atomic E-state index is 0.0523. The number of hydrazine groups is 1. The highest BCUT2D eigenvalue weighted by atomic mass is 16.5. The molecule has 0 bridgehead atoms. The molecule has 0 aliphatic heterocycles. The van der Waals surface area contributed by atoms with Crippen LogP contribution >= 0.6 is 0 Å². The Morgan fingerprint density at radius 3 is 2.23 bits per heavy atom. The Bertz CT molecular complexity index is 759. The predicted octanol–water partition coefficient (Wildman–Crippen LogP) is 2.11. The van der Waals surface area contributed by atoms with Gasteiger partial charge in [-0.1, -0.05) is 6.07 Å². The minimum atomic E-state index is -0.414. The van der Waals surface area contributed by atoms with Gasteiger partial charge >= 0.3 is 0 Å². The molecule has 0 fully saturated rings. The van der Waals surface area contributed by atoms with Gasteiger partial charge in [-0.3, -0.25) is 20.4 Å². The Kier molecular flexibility index (Phi) is 6.84. The van der Waals surface area contributed by atoms with Crippen LogP contribution in [-0.2, 0) is 11.2 Å². The fraction of sp³-hybridized carbons (Fsp3) is 0.263. The summed E-state index contributed by atoms with van der Waals surface area (Å²) in [4.78, 5) is 24.1. The predicted molar refractivity (Wildman–Crippen MR) is 96.5 cm³/mol. The molecule has 2 N–H and O–H groups in total. The number of carbonyl (C=O) groups excluding carboxylic acids is 2. The van der Waals surface area contributed by atoms with Gasteiger partial charge in [0.15, 0.2) is 0 Å². The van der Waals surface area contributed by atoms with Gasteiger partial charge in [0.2, 0.25) is 5.91 Å². The number of hydrogen-bond donors (Lipinski definition) is 2. The summed E-state index contributed by atoms with van der Waals surface area (Å²) in [5.41, 5.74) is 5.87. The van der Waals surface area contributed by atoms with Crippen molar-refractivity contribution in [2.24, 2.45) is 0 Å². The lowest BCUT2D eigenvalue weighted by Crippen LogP contribution is -2.42. The van der Waals surface area contributed by atoms with Crippen molar-refractivity contribution >= 4 is 11.8 Å². The highest BCUT2D eigenvalue weighted by Crippen LogP contribution is 2.24. The van der Waals surface area contributed by atoms with E-state index < -0.39 is 5.91 Å². The molecule has 138 valence electrons. The zero-order valence-electron chi connectivity index (χ0n) is 15.0. The number of amides is 2. The fourth-order valence-corrected chi connectivity index (χ4v) is 2.28. The van der Waals surface area contributed by atoms with E-state index in [0.29, 0.717) is 35.0 Å². The molecule has 7 nitrogen and oxygen atoms in total. The van der Waals surface area contributed by atoms with Gasteiger partial charge in [-0.05, 0) is 37.3 Å². The number of carbonyl (C=O) groups is 2. The zero-order chi connectivity index (χ0) is 18.9. The van der Waals surface area contributed by atoms with Crippen molar-refractivity contribution in [1.29, 1.82) is 0 Å². The molecule has 2 amide bonds. The zero-order valence-corrected chi connectivity index (χ0v) is 15.0. The smallest absolute Gasteiger partial charge is 0.269 e. The molecule has 2 rings (SSSR count). The van der Waals surface area contributed by atoms with E-state index in [4.69, 9.17) is 14.2 Å². The van der Waals surface area contributed by atoms with Crippen LogP contribution in [0.15, 0.2) is 42.5 Å². The molecule has 0 saturated carbocycles. The number of benzene rings is 2. The molecule has 0 radical (unpaired) electrons. The molecule has 7 heteroatoms. The Morgan fingerprint density at radius 2 is 1.62 bits per heavy atom. The van der Waals surface area contributed by atoms with Crippen molar-refractivity contribution in [2.75, 3.05) is 20.8 Å². The van der Waals surface area contributed by atoms with Gasteiger partial charge in [-0.15, -0.1) is 0 Å². The van der Waals surface area contributed by atoms with E-state index in [9.17, 15) is 9.59 Å². The second-order valence-corrected chi connectivity index (χ2v) is 5.31. The maximum Gasteiger partial charge on any atom is 0.269 e. The maximum atomic E-state index is 12.1. The highest BCUT2D eigenvalue weighted by molar-refractivity contribution is 5.95. The Labute approximate surface area is 152 Å². The van der Waals surface area contributed by atoms with Gasteiger partial charge in [0.25, 0.3) is 5.91 Å². The number of methoxy groups -OCH3 is 2. The lowest BCUT2D eigenvalue weighted by Gasteiger charge is -2.11. The van der Waals surface area contributed by atoms with E-state index in [2.05, 4.69) is 10.9 Å². The average molecular weight is 358 g/mol. The van der Waals surface area contributed by atoms with Crippen molar-refractivity contribution in [3.8, 4) is 17.2 Å². The number of hydrogen-bond acceptors (Lipinski definition) is 5. The van der Waals surface area contributed by atoms with Crippen LogP contribution in [0.1, 0.15) is 22.8 Å². The third-order valence-corrected chi connectivity index (χ3v) is 3.59. The summed E-state index contributed by atoms with van der Waals surface area (Å²) in [6, 6.07) is 11.8. The van der Waals surface area contributed by atoms with Gasteiger partial charge in [-0.2, -0.15) is 0 Å². The van der Waals surface area contributed by atoms with Crippen LogP contribution in [-0.4, -0.2) is 32.6 Å². The van der Waals surface area contributed by atoms with Crippen molar-refractivity contribution in [3.05, 3.63) is 53.6 Å². The third kappa shape index (κ3) is 5.14. The summed E-state index contributed by atoms with van der Waals surface area (Å²) >= 11 is 0. The molecule has 0 aromatic heterocycles. The standard InChI is InChI=1S/C19H22N2O5/c1-4-26-15-8-5-13(6-9-15)19(23)21-20-18(22)11-14-7-10-16(24-2)12-17(14)25-3/h5-10,12H,4,11H2,1-3H3,(H,20,22)(H,21,23). The average Bonchev–Trinajstić information content (AvgIpc) is 2.67. The largest absolute Gasteiger partial charge is 0.497 e. The quantitative estimate of drug-likeness (QED) is 0.741. The second kappa shape index (κ2) is 9.31. The fourth-order valence-electron chi connectivity index (χ4n) is 2.28. The van der Waals surface area contributed by atoms with Gasteiger partial charge in [0.05, 0.1) is 27.2 Å². The van der Waals surface area contributed by atoms with Crippen LogP contribution < -0.4 is 25.1 Å². The number of nitrogens with one attached hydrogen (secondary N) is 2. The molecule has 2 aromatic rings. The second-order valence-electron chi connectivity index (χ2n) is 5.31. The third-order valence-electron chi connectivity index (χ3n) is 3.59. The van der Waals surface area contributed by atoms with Crippen molar-refractivity contribution < 1.29 is 23.8 Å². The molecule has 0 atom stereocenters. The first-order valence-electron chi connectivity index (χ1n) is 8.10. The van der Waals surface area contributed by atoms with Crippen LogP contribution in [0.25, 0.3) is 0 Å². The molecule has 26 heavy (non-hydrogen) atoms. The first kappa shape index (κ1) is 19.1. The van der Waals surface area contributed by atoms with Crippen LogP contribution in [0.2, 0.25) is 0 Å². The Hall–Kier alpha value is -3.22. The maximum absolute atomic E-state index is 12.1. The van der Waals surface area contributed by atoms with Gasteiger partial charge < -0.3 is 14.2 Å². The van der Waals surface area contributed by atoms with E-state index in [1.54, 1.807) is 49.6 Å². The van der Waals surface area contributed by atoms with Crippen molar-refractivity contribution in [3.63, 3.8) is 0 Å². The van der Waals surface area contributed by atoms with Crippen molar-refractivity contribution in [1.82, 2.24) is 10.9 Å². The number of ether oxygens (including phenoxy) is 3. The van der Waals surface area contributed by atoms with E-state index >= 15 is 0 Å². The monoisotopic (exact) mass is 358 g/mol. The molecular weight excluding hydrogens is 336 g/mol. The van der Waals surface area contributed by atoms with E-state index in [1.165, 1.54) is 7.11 Å². The molecule has 0 saturated heterocycles. The van der Waals surface area contributed by atoms with Crippen molar-refractivity contribution in [2.45, 2.75) is 13.3 Å². The Morgan fingerprint density at radius 1 is 0.923 bits per heavy atom. The molecule has 0 spiro atoms. The van der Waals surface area contributed by atoms with Crippen LogP contribution in [0.3, 0.4) is 0 Å². The number of rotatable bonds is 7. The Balaban J connectivity index is 1.91. The molecule has 0 unspecified atom stereocenters. The summed E-state index contributed by atoms with van der Waals surface area (Å²) in [5, 5.41) is 0. The summed E-state index contributed by atoms with van der Waals surface area (Å²) in [7, 11) is 3.07. The molecular formula is C19H22N2O5. The highest BCUT2D eigenvalue weighted by Gasteiger charge is 2.12. The van der Waals surface area contributed by atoms with Crippen LogP contribution in [0.5, 0.6) is 17.2 Å².